The Labute approximate surface area is 281 Å². The molecule has 0 bridgehead atoms. The number of thioether (sulfide) groups is 1. The summed E-state index contributed by atoms with van der Waals surface area (Å²) in [5.74, 6) is -1.40. The van der Waals surface area contributed by atoms with Gasteiger partial charge in [0.2, 0.25) is 5.91 Å². The molecule has 1 aliphatic rings. The maximum Gasteiger partial charge on any atom is 0.272 e. The minimum Gasteiger partial charge on any atom is -0.321 e. The van der Waals surface area contributed by atoms with Gasteiger partial charge in [0.25, 0.3) is 11.8 Å². The van der Waals surface area contributed by atoms with Crippen molar-refractivity contribution in [3.63, 3.8) is 0 Å². The lowest BCUT2D eigenvalue weighted by molar-refractivity contribution is -0.117. The standard InChI is InChI=1S/C38H30FN3O3S2/c1-2-33(38(45)42-31-12-6-8-14-34(31)47-35-15-9-7-13-32(35)42)46-29-22-20-28(21-23-29)40-37(44)30(24-25-16-18-27(39)19-17-25)41-36(43)26-10-4-3-5-11-26/h3-24,33H,2H2,1H3,(H,40,44)(H,41,43)/b30-24-. The van der Waals surface area contributed by atoms with Crippen molar-refractivity contribution in [2.45, 2.75) is 33.3 Å². The van der Waals surface area contributed by atoms with Crippen molar-refractivity contribution in [2.24, 2.45) is 0 Å². The van der Waals surface area contributed by atoms with Gasteiger partial charge < -0.3 is 10.6 Å². The van der Waals surface area contributed by atoms with E-state index in [-0.39, 0.29) is 16.9 Å². The van der Waals surface area contributed by atoms with Crippen LogP contribution in [-0.4, -0.2) is 23.0 Å². The van der Waals surface area contributed by atoms with Crippen molar-refractivity contribution in [1.29, 1.82) is 0 Å². The van der Waals surface area contributed by atoms with Crippen molar-refractivity contribution in [3.05, 3.63) is 150 Å². The molecule has 0 saturated carbocycles. The van der Waals surface area contributed by atoms with Crippen LogP contribution in [0.4, 0.5) is 21.5 Å². The van der Waals surface area contributed by atoms with Gasteiger partial charge in [0.05, 0.1) is 16.6 Å². The van der Waals surface area contributed by atoms with Crippen molar-refractivity contribution < 1.29 is 18.8 Å². The molecule has 1 aliphatic heterocycles. The second-order valence-electron chi connectivity index (χ2n) is 10.6. The quantitative estimate of drug-likeness (QED) is 0.122. The monoisotopic (exact) mass is 659 g/mol. The molecule has 5 aromatic rings. The third kappa shape index (κ3) is 7.48. The molecule has 2 N–H and O–H groups in total. The van der Waals surface area contributed by atoms with E-state index in [1.54, 1.807) is 54.2 Å². The molecular formula is C38H30FN3O3S2. The predicted octanol–water partition coefficient (Wildman–Crippen LogP) is 8.94. The molecule has 0 spiro atoms. The Hall–Kier alpha value is -5.12. The molecule has 0 radical (unpaired) electrons. The lowest BCUT2D eigenvalue weighted by Crippen LogP contribution is -2.35. The van der Waals surface area contributed by atoms with Crippen LogP contribution in [0.2, 0.25) is 0 Å². The molecule has 1 unspecified atom stereocenters. The molecule has 0 fully saturated rings. The van der Waals surface area contributed by atoms with Crippen LogP contribution in [0.3, 0.4) is 0 Å². The molecule has 0 saturated heterocycles. The number of hydrogen-bond acceptors (Lipinski definition) is 5. The highest BCUT2D eigenvalue weighted by Crippen LogP contribution is 2.48. The van der Waals surface area contributed by atoms with Crippen molar-refractivity contribution in [1.82, 2.24) is 5.32 Å². The fourth-order valence-corrected chi connectivity index (χ4v) is 7.09. The molecule has 6 rings (SSSR count). The maximum atomic E-state index is 14.1. The van der Waals surface area contributed by atoms with Gasteiger partial charge in [-0.3, -0.25) is 19.3 Å². The first kappa shape index (κ1) is 31.8. The molecule has 6 nitrogen and oxygen atoms in total. The average molecular weight is 660 g/mol. The molecule has 5 aromatic carbocycles. The largest absolute Gasteiger partial charge is 0.321 e. The van der Waals surface area contributed by atoms with E-state index in [9.17, 15) is 18.8 Å². The fourth-order valence-electron chi connectivity index (χ4n) is 5.04. The zero-order valence-electron chi connectivity index (χ0n) is 25.4. The Morgan fingerprint density at radius 3 is 2.00 bits per heavy atom. The number of rotatable bonds is 9. The van der Waals surface area contributed by atoms with Gasteiger partial charge in [-0.15, -0.1) is 11.8 Å². The van der Waals surface area contributed by atoms with Gasteiger partial charge >= 0.3 is 0 Å². The second-order valence-corrected chi connectivity index (χ2v) is 13.0. The van der Waals surface area contributed by atoms with Crippen LogP contribution in [0.25, 0.3) is 6.08 Å². The Morgan fingerprint density at radius 2 is 1.38 bits per heavy atom. The van der Waals surface area contributed by atoms with E-state index >= 15 is 0 Å². The van der Waals surface area contributed by atoms with E-state index in [0.29, 0.717) is 23.2 Å². The van der Waals surface area contributed by atoms with Crippen LogP contribution in [0, 0.1) is 5.82 Å². The minimum atomic E-state index is -0.541. The summed E-state index contributed by atoms with van der Waals surface area (Å²) in [6, 6.07) is 37.3. The van der Waals surface area contributed by atoms with Crippen molar-refractivity contribution >= 4 is 64.4 Å². The molecule has 0 aliphatic carbocycles. The molecule has 1 heterocycles. The smallest absolute Gasteiger partial charge is 0.272 e. The van der Waals surface area contributed by atoms with Gasteiger partial charge in [-0.2, -0.15) is 0 Å². The lowest BCUT2D eigenvalue weighted by atomic mass is 10.1. The zero-order chi connectivity index (χ0) is 32.8. The maximum absolute atomic E-state index is 14.1. The molecule has 9 heteroatoms. The van der Waals surface area contributed by atoms with Crippen LogP contribution < -0.4 is 15.5 Å². The van der Waals surface area contributed by atoms with Crippen molar-refractivity contribution in [3.8, 4) is 0 Å². The van der Waals surface area contributed by atoms with E-state index in [1.807, 2.05) is 72.5 Å². The summed E-state index contributed by atoms with van der Waals surface area (Å²) in [7, 11) is 0. The lowest BCUT2D eigenvalue weighted by Gasteiger charge is -2.33. The number of nitrogens with zero attached hydrogens (tertiary/aromatic N) is 1. The number of nitrogens with one attached hydrogen (secondary N) is 2. The van der Waals surface area contributed by atoms with E-state index in [4.69, 9.17) is 0 Å². The number of anilines is 3. The molecule has 0 aromatic heterocycles. The third-order valence-corrected chi connectivity index (χ3v) is 9.89. The minimum absolute atomic E-state index is 0.000177. The van der Waals surface area contributed by atoms with Crippen LogP contribution in [0.1, 0.15) is 29.3 Å². The summed E-state index contributed by atoms with van der Waals surface area (Å²) in [6.45, 7) is 2.00. The Balaban J connectivity index is 1.18. The summed E-state index contributed by atoms with van der Waals surface area (Å²) >= 11 is 3.13. The first-order chi connectivity index (χ1) is 22.9. The summed E-state index contributed by atoms with van der Waals surface area (Å²) in [5.41, 5.74) is 3.20. The van der Waals surface area contributed by atoms with Crippen LogP contribution in [0.5, 0.6) is 0 Å². The van der Waals surface area contributed by atoms with Gasteiger partial charge in [-0.25, -0.2) is 4.39 Å². The van der Waals surface area contributed by atoms with E-state index in [1.165, 1.54) is 42.1 Å². The summed E-state index contributed by atoms with van der Waals surface area (Å²) in [4.78, 5) is 45.2. The zero-order valence-corrected chi connectivity index (χ0v) is 27.0. The number of benzene rings is 5. The molecule has 1 atom stereocenters. The van der Waals surface area contributed by atoms with Crippen LogP contribution in [-0.2, 0) is 9.59 Å². The summed E-state index contributed by atoms with van der Waals surface area (Å²) < 4.78 is 13.5. The second kappa shape index (κ2) is 14.5. The van der Waals surface area contributed by atoms with E-state index in [0.717, 1.165) is 26.1 Å². The first-order valence-electron chi connectivity index (χ1n) is 15.0. The number of fused-ring (bicyclic) bond motifs is 2. The van der Waals surface area contributed by atoms with Crippen molar-refractivity contribution in [2.75, 3.05) is 10.2 Å². The average Bonchev–Trinajstić information content (AvgIpc) is 3.10. The van der Waals surface area contributed by atoms with E-state index < -0.39 is 17.6 Å². The van der Waals surface area contributed by atoms with Crippen LogP contribution >= 0.6 is 23.5 Å². The number of para-hydroxylation sites is 2. The highest BCUT2D eigenvalue weighted by atomic mass is 32.2. The normalized spacial score (nSPS) is 12.8. The number of halogens is 1. The Kier molecular flexibility index (Phi) is 9.85. The Morgan fingerprint density at radius 1 is 0.787 bits per heavy atom. The van der Waals surface area contributed by atoms with Gasteiger partial charge in [-0.05, 0) is 90.9 Å². The topological polar surface area (TPSA) is 78.5 Å². The molecule has 3 amide bonds. The third-order valence-electron chi connectivity index (χ3n) is 7.40. The fraction of sp³-hybridized carbons (Fsp3) is 0.0789. The molecular weight excluding hydrogens is 630 g/mol. The summed E-state index contributed by atoms with van der Waals surface area (Å²) in [5, 5.41) is 5.18. The molecule has 234 valence electrons. The van der Waals surface area contributed by atoms with Gasteiger partial charge in [0.1, 0.15) is 11.5 Å². The Bertz CT molecular complexity index is 1900. The number of hydrogen-bond donors (Lipinski definition) is 2. The molecule has 47 heavy (non-hydrogen) atoms. The SMILES string of the molecule is CCC(Sc1ccc(NC(=O)/C(=C/c2ccc(F)cc2)NC(=O)c2ccccc2)cc1)C(=O)N1c2ccccc2Sc2ccccc21. The highest BCUT2D eigenvalue weighted by Gasteiger charge is 2.32. The van der Waals surface area contributed by atoms with Gasteiger partial charge in [-0.1, -0.05) is 73.3 Å². The van der Waals surface area contributed by atoms with Gasteiger partial charge in [0, 0.05) is 25.9 Å². The number of amides is 3. The number of carbonyl (C=O) groups is 3. The predicted molar refractivity (Wildman–Crippen MR) is 187 cm³/mol. The first-order valence-corrected chi connectivity index (χ1v) is 16.7. The highest BCUT2D eigenvalue weighted by molar-refractivity contribution is 8.00. The summed E-state index contributed by atoms with van der Waals surface area (Å²) in [6.07, 6.45) is 2.11. The van der Waals surface area contributed by atoms with Crippen LogP contribution in [0.15, 0.2) is 148 Å². The number of carbonyl (C=O) groups excluding carboxylic acids is 3. The van der Waals surface area contributed by atoms with Gasteiger partial charge in [0.15, 0.2) is 0 Å². The van der Waals surface area contributed by atoms with E-state index in [2.05, 4.69) is 10.6 Å².